The predicted octanol–water partition coefficient (Wildman–Crippen LogP) is 4.69. The molecule has 1 atom stereocenters. The summed E-state index contributed by atoms with van der Waals surface area (Å²) < 4.78 is 6.05. The van der Waals surface area contributed by atoms with E-state index >= 15 is 0 Å². The molecule has 25 heavy (non-hydrogen) atoms. The molecule has 2 aromatic carbocycles. The number of nitrogens with one attached hydrogen (secondary N) is 1. The molecule has 2 fully saturated rings. The first-order valence-electron chi connectivity index (χ1n) is 9.65. The maximum absolute atomic E-state index is 6.05. The van der Waals surface area contributed by atoms with Crippen molar-refractivity contribution in [2.45, 2.75) is 50.8 Å². The van der Waals surface area contributed by atoms with E-state index in [9.17, 15) is 0 Å². The third-order valence-corrected chi connectivity index (χ3v) is 5.35. The molecule has 2 aliphatic rings. The first kappa shape index (κ1) is 16.5. The molecule has 3 nitrogen and oxygen atoms in total. The fraction of sp³-hybridized carbons (Fsp3) is 0.455. The molecule has 1 aliphatic heterocycles. The normalized spacial score (nSPS) is 21.5. The second-order valence-corrected chi connectivity index (χ2v) is 7.40. The number of benzene rings is 2. The molecule has 0 radical (unpaired) electrons. The van der Waals surface area contributed by atoms with Crippen molar-refractivity contribution in [3.05, 3.63) is 60.2 Å². The molecule has 1 heterocycles. The molecule has 3 heteroatoms. The van der Waals surface area contributed by atoms with Gasteiger partial charge in [0.15, 0.2) is 0 Å². The molecule has 0 aromatic heterocycles. The topological polar surface area (TPSA) is 24.5 Å². The van der Waals surface area contributed by atoms with E-state index in [1.807, 2.05) is 0 Å². The van der Waals surface area contributed by atoms with Crippen molar-refractivity contribution >= 4 is 5.69 Å². The second kappa shape index (κ2) is 7.92. The third-order valence-electron chi connectivity index (χ3n) is 5.35. The van der Waals surface area contributed by atoms with E-state index in [1.165, 1.54) is 43.4 Å². The van der Waals surface area contributed by atoms with Gasteiger partial charge in [-0.1, -0.05) is 30.3 Å². The van der Waals surface area contributed by atoms with Gasteiger partial charge in [0.1, 0.15) is 5.75 Å². The van der Waals surface area contributed by atoms with Crippen LogP contribution in [0.4, 0.5) is 5.69 Å². The van der Waals surface area contributed by atoms with E-state index in [2.05, 4.69) is 64.8 Å². The van der Waals surface area contributed by atoms with Crippen LogP contribution >= 0.6 is 0 Å². The van der Waals surface area contributed by atoms with Gasteiger partial charge in [0.05, 0.1) is 6.10 Å². The van der Waals surface area contributed by atoms with Crippen LogP contribution in [0.5, 0.6) is 5.75 Å². The zero-order valence-corrected chi connectivity index (χ0v) is 14.9. The lowest BCUT2D eigenvalue weighted by Crippen LogP contribution is -2.25. The Bertz CT molecular complexity index is 649. The molecule has 2 aromatic rings. The van der Waals surface area contributed by atoms with Crippen molar-refractivity contribution in [3.8, 4) is 5.75 Å². The summed E-state index contributed by atoms with van der Waals surface area (Å²) in [5, 5.41) is 3.68. The first-order valence-corrected chi connectivity index (χ1v) is 9.65. The van der Waals surface area contributed by atoms with Crippen molar-refractivity contribution in [1.82, 2.24) is 4.90 Å². The Hall–Kier alpha value is -2.00. The summed E-state index contributed by atoms with van der Waals surface area (Å²) in [6.45, 7) is 3.32. The van der Waals surface area contributed by atoms with E-state index in [-0.39, 0.29) is 0 Å². The van der Waals surface area contributed by atoms with Gasteiger partial charge in [0.2, 0.25) is 0 Å². The summed E-state index contributed by atoms with van der Waals surface area (Å²) in [7, 11) is 0. The van der Waals surface area contributed by atoms with Crippen molar-refractivity contribution in [3.63, 3.8) is 0 Å². The van der Waals surface area contributed by atoms with Gasteiger partial charge in [-0.15, -0.1) is 0 Å². The summed E-state index contributed by atoms with van der Waals surface area (Å²) in [4.78, 5) is 2.53. The van der Waals surface area contributed by atoms with Gasteiger partial charge in [-0.25, -0.2) is 0 Å². The van der Waals surface area contributed by atoms with E-state index in [1.54, 1.807) is 0 Å². The average molecular weight is 336 g/mol. The maximum atomic E-state index is 6.05. The fourth-order valence-corrected chi connectivity index (χ4v) is 4.00. The first-order chi connectivity index (χ1) is 12.3. The minimum absolute atomic E-state index is 0.431. The molecule has 132 valence electrons. The molecule has 1 unspecified atom stereocenters. The standard InChI is InChI=1S/C22H28N2O/c1-2-6-18(7-3-1)16-24-15-14-20(17-24)23-19-10-12-22(13-11-19)25-21-8-4-5-9-21/h1-3,6-7,10-13,20-21,23H,4-5,8-9,14-17H2. The van der Waals surface area contributed by atoms with Gasteiger partial charge < -0.3 is 10.1 Å². The van der Waals surface area contributed by atoms with Crippen LogP contribution < -0.4 is 10.1 Å². The highest BCUT2D eigenvalue weighted by molar-refractivity contribution is 5.47. The lowest BCUT2D eigenvalue weighted by atomic mass is 10.2. The summed E-state index contributed by atoms with van der Waals surface area (Å²) in [6.07, 6.45) is 6.67. The number of rotatable bonds is 6. The van der Waals surface area contributed by atoms with Crippen LogP contribution in [0.25, 0.3) is 0 Å². The third kappa shape index (κ3) is 4.55. The number of hydrogen-bond donors (Lipinski definition) is 1. The van der Waals surface area contributed by atoms with Crippen molar-refractivity contribution in [1.29, 1.82) is 0 Å². The molecule has 1 N–H and O–H groups in total. The highest BCUT2D eigenvalue weighted by Gasteiger charge is 2.22. The Balaban J connectivity index is 1.26. The van der Waals surface area contributed by atoms with Gasteiger partial charge in [-0.3, -0.25) is 4.90 Å². The monoisotopic (exact) mass is 336 g/mol. The van der Waals surface area contributed by atoms with E-state index < -0.39 is 0 Å². The van der Waals surface area contributed by atoms with Crippen LogP contribution in [0.1, 0.15) is 37.7 Å². The Morgan fingerprint density at radius 3 is 2.44 bits per heavy atom. The zero-order valence-electron chi connectivity index (χ0n) is 14.9. The molecule has 0 amide bonds. The van der Waals surface area contributed by atoms with Gasteiger partial charge in [0, 0.05) is 31.4 Å². The molecule has 1 aliphatic carbocycles. The minimum atomic E-state index is 0.431. The Labute approximate surface area is 151 Å². The molecule has 4 rings (SSSR count). The van der Waals surface area contributed by atoms with Crippen LogP contribution in [-0.4, -0.2) is 30.1 Å². The Kier molecular flexibility index (Phi) is 5.22. The number of ether oxygens (including phenoxy) is 1. The van der Waals surface area contributed by atoms with Crippen LogP contribution in [0.3, 0.4) is 0 Å². The van der Waals surface area contributed by atoms with Gasteiger partial charge in [-0.2, -0.15) is 0 Å². The number of nitrogens with zero attached hydrogens (tertiary/aromatic N) is 1. The fourth-order valence-electron chi connectivity index (χ4n) is 4.00. The maximum Gasteiger partial charge on any atom is 0.119 e. The van der Waals surface area contributed by atoms with Gasteiger partial charge >= 0.3 is 0 Å². The van der Waals surface area contributed by atoms with Crippen molar-refractivity contribution < 1.29 is 4.74 Å². The molecule has 1 saturated heterocycles. The molecule has 1 saturated carbocycles. The van der Waals surface area contributed by atoms with Crippen LogP contribution in [0, 0.1) is 0 Å². The summed E-state index contributed by atoms with van der Waals surface area (Å²) in [5.41, 5.74) is 2.60. The summed E-state index contributed by atoms with van der Waals surface area (Å²) in [5.74, 6) is 1.01. The largest absolute Gasteiger partial charge is 0.490 e. The van der Waals surface area contributed by atoms with E-state index in [0.717, 1.165) is 25.4 Å². The summed E-state index contributed by atoms with van der Waals surface area (Å²) in [6, 6.07) is 19.8. The predicted molar refractivity (Wildman–Crippen MR) is 103 cm³/mol. The van der Waals surface area contributed by atoms with Gasteiger partial charge in [0.25, 0.3) is 0 Å². The summed E-state index contributed by atoms with van der Waals surface area (Å²) >= 11 is 0. The number of anilines is 1. The number of likely N-dealkylation sites (tertiary alicyclic amines) is 1. The smallest absolute Gasteiger partial charge is 0.119 e. The quantitative estimate of drug-likeness (QED) is 0.828. The molecular weight excluding hydrogens is 308 g/mol. The van der Waals surface area contributed by atoms with Crippen LogP contribution in [-0.2, 0) is 6.54 Å². The van der Waals surface area contributed by atoms with Gasteiger partial charge in [-0.05, 0) is 61.9 Å². The van der Waals surface area contributed by atoms with Crippen LogP contribution in [0.15, 0.2) is 54.6 Å². The highest BCUT2D eigenvalue weighted by Crippen LogP contribution is 2.25. The van der Waals surface area contributed by atoms with Crippen molar-refractivity contribution in [2.24, 2.45) is 0 Å². The molecule has 0 spiro atoms. The minimum Gasteiger partial charge on any atom is -0.490 e. The Morgan fingerprint density at radius 1 is 0.920 bits per heavy atom. The van der Waals surface area contributed by atoms with Crippen LogP contribution in [0.2, 0.25) is 0 Å². The van der Waals surface area contributed by atoms with E-state index in [4.69, 9.17) is 4.74 Å². The molecular formula is C22H28N2O. The molecule has 0 bridgehead atoms. The SMILES string of the molecule is c1ccc(CN2CCC(Nc3ccc(OC4CCCC4)cc3)C2)cc1. The lowest BCUT2D eigenvalue weighted by Gasteiger charge is -2.18. The lowest BCUT2D eigenvalue weighted by molar-refractivity contribution is 0.210. The number of hydrogen-bond acceptors (Lipinski definition) is 3. The van der Waals surface area contributed by atoms with E-state index in [0.29, 0.717) is 12.1 Å². The second-order valence-electron chi connectivity index (χ2n) is 7.40. The zero-order chi connectivity index (χ0) is 16.9. The Morgan fingerprint density at radius 2 is 1.68 bits per heavy atom. The average Bonchev–Trinajstić information content (AvgIpc) is 3.30. The van der Waals surface area contributed by atoms with Crippen molar-refractivity contribution in [2.75, 3.05) is 18.4 Å². The highest BCUT2D eigenvalue weighted by atomic mass is 16.5.